The Morgan fingerprint density at radius 3 is 2.78 bits per heavy atom. The Labute approximate surface area is 158 Å². The van der Waals surface area contributed by atoms with Crippen LogP contribution in [0, 0.1) is 6.92 Å². The molecule has 1 aromatic heterocycles. The second kappa shape index (κ2) is 9.30. The van der Waals surface area contributed by atoms with E-state index in [1.165, 1.54) is 0 Å². The summed E-state index contributed by atoms with van der Waals surface area (Å²) in [4.78, 5) is 12.5. The fourth-order valence-electron chi connectivity index (χ4n) is 2.85. The van der Waals surface area contributed by atoms with E-state index in [1.54, 1.807) is 0 Å². The minimum Gasteiger partial charge on any atom is -0.379 e. The maximum absolute atomic E-state index is 12.5. The number of hydrogen-bond donors (Lipinski definition) is 2. The Hall–Kier alpha value is -2.70. The van der Waals surface area contributed by atoms with Gasteiger partial charge in [-0.25, -0.2) is 0 Å². The summed E-state index contributed by atoms with van der Waals surface area (Å²) in [6.07, 6.45) is 0. The minimum atomic E-state index is -0.190. The molecular formula is C21H25N3O3. The van der Waals surface area contributed by atoms with Crippen LogP contribution in [0.15, 0.2) is 42.5 Å². The molecular weight excluding hydrogens is 342 g/mol. The standard InChI is InChI=1S/C21H25N3O3/c1-3-26-9-10-27-14-17-6-4-5-16(12-17)13-22-21(25)20-18-11-15(2)7-8-19(18)23-24-20/h4-8,11-12H,3,9-10,13-14H2,1-2H3,(H,22,25)(H,23,24). The number of amides is 1. The van der Waals surface area contributed by atoms with Gasteiger partial charge in [0.25, 0.3) is 5.91 Å². The zero-order chi connectivity index (χ0) is 19.1. The first-order chi connectivity index (χ1) is 13.2. The predicted octanol–water partition coefficient (Wildman–Crippen LogP) is 3.35. The summed E-state index contributed by atoms with van der Waals surface area (Å²) in [5, 5.41) is 10.8. The van der Waals surface area contributed by atoms with Crippen LogP contribution in [-0.4, -0.2) is 35.9 Å². The molecule has 1 amide bonds. The first-order valence-corrected chi connectivity index (χ1v) is 9.13. The van der Waals surface area contributed by atoms with Crippen molar-refractivity contribution in [3.8, 4) is 0 Å². The van der Waals surface area contributed by atoms with Crippen LogP contribution >= 0.6 is 0 Å². The highest BCUT2D eigenvalue weighted by Gasteiger charge is 2.14. The molecule has 0 aliphatic rings. The van der Waals surface area contributed by atoms with Gasteiger partial charge in [-0.3, -0.25) is 9.89 Å². The van der Waals surface area contributed by atoms with Gasteiger partial charge < -0.3 is 14.8 Å². The van der Waals surface area contributed by atoms with Gasteiger partial charge in [-0.05, 0) is 37.1 Å². The highest BCUT2D eigenvalue weighted by molar-refractivity contribution is 6.04. The van der Waals surface area contributed by atoms with Crippen molar-refractivity contribution < 1.29 is 14.3 Å². The first-order valence-electron chi connectivity index (χ1n) is 9.13. The van der Waals surface area contributed by atoms with Crippen LogP contribution in [0.2, 0.25) is 0 Å². The molecule has 0 spiro atoms. The molecule has 0 atom stereocenters. The molecule has 0 aliphatic heterocycles. The third-order valence-corrected chi connectivity index (χ3v) is 4.22. The van der Waals surface area contributed by atoms with E-state index >= 15 is 0 Å². The van der Waals surface area contributed by atoms with Crippen LogP contribution in [0.3, 0.4) is 0 Å². The van der Waals surface area contributed by atoms with Crippen LogP contribution in [-0.2, 0) is 22.6 Å². The SMILES string of the molecule is CCOCCOCc1cccc(CNC(=O)c2n[nH]c3ccc(C)cc23)c1. The second-order valence-electron chi connectivity index (χ2n) is 6.37. The van der Waals surface area contributed by atoms with Crippen molar-refractivity contribution in [1.82, 2.24) is 15.5 Å². The third kappa shape index (κ3) is 5.15. The smallest absolute Gasteiger partial charge is 0.272 e. The molecule has 0 bridgehead atoms. The number of fused-ring (bicyclic) bond motifs is 1. The zero-order valence-corrected chi connectivity index (χ0v) is 15.7. The molecule has 1 heterocycles. The molecule has 0 saturated heterocycles. The molecule has 0 aliphatic carbocycles. The van der Waals surface area contributed by atoms with Crippen LogP contribution in [0.4, 0.5) is 0 Å². The van der Waals surface area contributed by atoms with Crippen molar-refractivity contribution in [3.63, 3.8) is 0 Å². The number of rotatable bonds is 9. The van der Waals surface area contributed by atoms with Crippen molar-refractivity contribution in [2.75, 3.05) is 19.8 Å². The normalized spacial score (nSPS) is 11.0. The van der Waals surface area contributed by atoms with Crippen molar-refractivity contribution in [3.05, 3.63) is 64.8 Å². The number of nitrogens with zero attached hydrogens (tertiary/aromatic N) is 1. The number of H-pyrrole nitrogens is 1. The molecule has 6 heteroatoms. The molecule has 0 radical (unpaired) electrons. The summed E-state index contributed by atoms with van der Waals surface area (Å²) in [5.41, 5.74) is 4.46. The predicted molar refractivity (Wildman–Crippen MR) is 105 cm³/mol. The largest absolute Gasteiger partial charge is 0.379 e. The van der Waals surface area contributed by atoms with E-state index in [9.17, 15) is 4.79 Å². The molecule has 2 aromatic carbocycles. The Kier molecular flexibility index (Phi) is 6.57. The minimum absolute atomic E-state index is 0.190. The number of carbonyl (C=O) groups excluding carboxylic acids is 1. The number of nitrogens with one attached hydrogen (secondary N) is 2. The summed E-state index contributed by atoms with van der Waals surface area (Å²) in [6.45, 7) is 6.79. The molecule has 0 fully saturated rings. The van der Waals surface area contributed by atoms with Gasteiger partial charge in [0.15, 0.2) is 5.69 Å². The van der Waals surface area contributed by atoms with Gasteiger partial charge in [0.05, 0.1) is 25.3 Å². The quantitative estimate of drug-likeness (QED) is 0.569. The average molecular weight is 367 g/mol. The van der Waals surface area contributed by atoms with Crippen LogP contribution in [0.5, 0.6) is 0 Å². The lowest BCUT2D eigenvalue weighted by molar-refractivity contribution is 0.0453. The van der Waals surface area contributed by atoms with Crippen molar-refractivity contribution in [2.24, 2.45) is 0 Å². The highest BCUT2D eigenvalue weighted by atomic mass is 16.5. The third-order valence-electron chi connectivity index (χ3n) is 4.22. The molecule has 3 rings (SSSR count). The van der Waals surface area contributed by atoms with E-state index in [0.29, 0.717) is 38.7 Å². The van der Waals surface area contributed by atoms with Crippen molar-refractivity contribution in [2.45, 2.75) is 27.0 Å². The monoisotopic (exact) mass is 367 g/mol. The molecule has 2 N–H and O–H groups in total. The fraction of sp³-hybridized carbons (Fsp3) is 0.333. The summed E-state index contributed by atoms with van der Waals surface area (Å²) in [5.74, 6) is -0.190. The lowest BCUT2D eigenvalue weighted by Gasteiger charge is -2.08. The van der Waals surface area contributed by atoms with E-state index < -0.39 is 0 Å². The highest BCUT2D eigenvalue weighted by Crippen LogP contribution is 2.17. The van der Waals surface area contributed by atoms with Crippen LogP contribution in [0.25, 0.3) is 10.9 Å². The molecule has 142 valence electrons. The van der Waals surface area contributed by atoms with Gasteiger partial charge in [0.1, 0.15) is 0 Å². The van der Waals surface area contributed by atoms with Crippen molar-refractivity contribution >= 4 is 16.8 Å². The molecule has 3 aromatic rings. The van der Waals surface area contributed by atoms with E-state index in [4.69, 9.17) is 9.47 Å². The number of hydrogen-bond acceptors (Lipinski definition) is 4. The summed E-state index contributed by atoms with van der Waals surface area (Å²) in [6, 6.07) is 13.9. The number of carbonyl (C=O) groups is 1. The topological polar surface area (TPSA) is 76.2 Å². The van der Waals surface area contributed by atoms with Gasteiger partial charge in [-0.2, -0.15) is 5.10 Å². The lowest BCUT2D eigenvalue weighted by atomic mass is 10.1. The van der Waals surface area contributed by atoms with E-state index in [0.717, 1.165) is 27.6 Å². The molecule has 0 saturated carbocycles. The Balaban J connectivity index is 1.57. The maximum atomic E-state index is 12.5. The van der Waals surface area contributed by atoms with Gasteiger partial charge in [-0.1, -0.05) is 35.9 Å². The Morgan fingerprint density at radius 2 is 1.93 bits per heavy atom. The average Bonchev–Trinajstić information content (AvgIpc) is 3.09. The Bertz CT molecular complexity index is 905. The molecule has 27 heavy (non-hydrogen) atoms. The second-order valence-corrected chi connectivity index (χ2v) is 6.37. The van der Waals surface area contributed by atoms with Gasteiger partial charge >= 0.3 is 0 Å². The van der Waals surface area contributed by atoms with Gasteiger partial charge in [-0.15, -0.1) is 0 Å². The van der Waals surface area contributed by atoms with E-state index in [-0.39, 0.29) is 5.91 Å². The number of aryl methyl sites for hydroxylation is 1. The number of aromatic nitrogens is 2. The molecule has 6 nitrogen and oxygen atoms in total. The maximum Gasteiger partial charge on any atom is 0.272 e. The van der Waals surface area contributed by atoms with E-state index in [2.05, 4.69) is 15.5 Å². The van der Waals surface area contributed by atoms with Crippen molar-refractivity contribution in [1.29, 1.82) is 0 Å². The zero-order valence-electron chi connectivity index (χ0n) is 15.7. The lowest BCUT2D eigenvalue weighted by Crippen LogP contribution is -2.23. The first kappa shape index (κ1) is 19.1. The fourth-order valence-corrected chi connectivity index (χ4v) is 2.85. The van der Waals surface area contributed by atoms with E-state index in [1.807, 2.05) is 56.3 Å². The Morgan fingerprint density at radius 1 is 1.11 bits per heavy atom. The van der Waals surface area contributed by atoms with Crippen LogP contribution < -0.4 is 5.32 Å². The number of ether oxygens (including phenoxy) is 2. The number of benzene rings is 2. The molecule has 0 unspecified atom stereocenters. The summed E-state index contributed by atoms with van der Waals surface area (Å²) >= 11 is 0. The van der Waals surface area contributed by atoms with Crippen LogP contribution in [0.1, 0.15) is 34.1 Å². The summed E-state index contributed by atoms with van der Waals surface area (Å²) < 4.78 is 10.8. The summed E-state index contributed by atoms with van der Waals surface area (Å²) in [7, 11) is 0. The van der Waals surface area contributed by atoms with Gasteiger partial charge in [0, 0.05) is 18.5 Å². The van der Waals surface area contributed by atoms with Gasteiger partial charge in [0.2, 0.25) is 0 Å². The number of aromatic amines is 1.